The topological polar surface area (TPSA) is 75.9 Å². The van der Waals surface area contributed by atoms with E-state index in [0.717, 1.165) is 42.4 Å². The molecule has 1 N–H and O–H groups in total. The van der Waals surface area contributed by atoms with Gasteiger partial charge in [-0.25, -0.2) is 14.6 Å². The Morgan fingerprint density at radius 2 is 2.14 bits per heavy atom. The summed E-state index contributed by atoms with van der Waals surface area (Å²) in [5, 5.41) is 9.60. The molecule has 0 radical (unpaired) electrons. The molecule has 1 unspecified atom stereocenters. The van der Waals surface area contributed by atoms with Crippen LogP contribution in [0.3, 0.4) is 0 Å². The molecular weight excluding hydrogens is 372 g/mol. The molecule has 1 aliphatic heterocycles. The standard InChI is InChI=1S/C20H24N6OS/c1-14-9-15(2)26(24-14)19-10-18(22-13-23-19)25-7-3-5-16(12-25)20(27)21-11-17-6-4-8-28-17/h4,6,8-10,13,16H,3,5,7,11-12H2,1-2H3,(H,21,27). The van der Waals surface area contributed by atoms with Crippen molar-refractivity contribution >= 4 is 23.1 Å². The summed E-state index contributed by atoms with van der Waals surface area (Å²) in [6, 6.07) is 8.02. The van der Waals surface area contributed by atoms with E-state index in [2.05, 4.69) is 25.3 Å². The number of amides is 1. The Labute approximate surface area is 168 Å². The second-order valence-electron chi connectivity index (χ2n) is 7.16. The highest BCUT2D eigenvalue weighted by molar-refractivity contribution is 7.09. The van der Waals surface area contributed by atoms with E-state index in [0.29, 0.717) is 13.1 Å². The van der Waals surface area contributed by atoms with Crippen molar-refractivity contribution in [3.8, 4) is 5.82 Å². The van der Waals surface area contributed by atoms with Gasteiger partial charge in [0.05, 0.1) is 18.2 Å². The third-order valence-electron chi connectivity index (χ3n) is 5.00. The summed E-state index contributed by atoms with van der Waals surface area (Å²) in [6.07, 6.45) is 3.44. The van der Waals surface area contributed by atoms with Crippen molar-refractivity contribution in [2.24, 2.45) is 5.92 Å². The van der Waals surface area contributed by atoms with Crippen LogP contribution in [0.5, 0.6) is 0 Å². The minimum atomic E-state index is -0.0270. The number of thiophene rings is 1. The Morgan fingerprint density at radius 1 is 1.29 bits per heavy atom. The zero-order valence-electron chi connectivity index (χ0n) is 16.1. The zero-order valence-corrected chi connectivity index (χ0v) is 16.9. The number of nitrogens with zero attached hydrogens (tertiary/aromatic N) is 5. The Morgan fingerprint density at radius 3 is 2.89 bits per heavy atom. The molecule has 0 saturated carbocycles. The number of rotatable bonds is 5. The van der Waals surface area contributed by atoms with E-state index in [-0.39, 0.29) is 11.8 Å². The van der Waals surface area contributed by atoms with Crippen molar-refractivity contribution < 1.29 is 4.79 Å². The molecule has 0 bridgehead atoms. The number of carbonyl (C=O) groups is 1. The highest BCUT2D eigenvalue weighted by Gasteiger charge is 2.26. The van der Waals surface area contributed by atoms with E-state index in [1.165, 1.54) is 4.88 Å². The van der Waals surface area contributed by atoms with Crippen LogP contribution in [0.4, 0.5) is 5.82 Å². The summed E-state index contributed by atoms with van der Waals surface area (Å²) in [6.45, 7) is 6.14. The Kier molecular flexibility index (Phi) is 5.38. The number of carbonyl (C=O) groups excluding carboxylic acids is 1. The van der Waals surface area contributed by atoms with Gasteiger partial charge in [-0.1, -0.05) is 6.07 Å². The maximum absolute atomic E-state index is 12.6. The fourth-order valence-corrected chi connectivity index (χ4v) is 4.26. The lowest BCUT2D eigenvalue weighted by Crippen LogP contribution is -2.43. The van der Waals surface area contributed by atoms with Gasteiger partial charge in [-0.15, -0.1) is 11.3 Å². The van der Waals surface area contributed by atoms with E-state index in [9.17, 15) is 4.79 Å². The average molecular weight is 397 g/mol. The first-order valence-electron chi connectivity index (χ1n) is 9.51. The molecule has 1 fully saturated rings. The fourth-order valence-electron chi connectivity index (χ4n) is 3.62. The Bertz CT molecular complexity index is 952. The van der Waals surface area contributed by atoms with Gasteiger partial charge in [0.15, 0.2) is 5.82 Å². The van der Waals surface area contributed by atoms with Crippen molar-refractivity contribution in [1.29, 1.82) is 0 Å². The SMILES string of the molecule is Cc1cc(C)n(-c2cc(N3CCCC(C(=O)NCc4cccs4)C3)ncn2)n1. The molecule has 1 amide bonds. The van der Waals surface area contributed by atoms with Crippen LogP contribution in [0.25, 0.3) is 5.82 Å². The van der Waals surface area contributed by atoms with E-state index < -0.39 is 0 Å². The van der Waals surface area contributed by atoms with Crippen molar-refractivity contribution in [2.75, 3.05) is 18.0 Å². The van der Waals surface area contributed by atoms with Crippen LogP contribution >= 0.6 is 11.3 Å². The molecule has 1 aliphatic rings. The molecule has 0 aromatic carbocycles. The van der Waals surface area contributed by atoms with Crippen molar-refractivity contribution in [1.82, 2.24) is 25.1 Å². The predicted octanol–water partition coefficient (Wildman–Crippen LogP) is 2.87. The van der Waals surface area contributed by atoms with Crippen molar-refractivity contribution in [2.45, 2.75) is 33.2 Å². The molecule has 28 heavy (non-hydrogen) atoms. The van der Waals surface area contributed by atoms with Crippen LogP contribution in [-0.2, 0) is 11.3 Å². The first-order valence-corrected chi connectivity index (χ1v) is 10.4. The lowest BCUT2D eigenvalue weighted by Gasteiger charge is -2.32. The number of anilines is 1. The monoisotopic (exact) mass is 396 g/mol. The molecule has 0 aliphatic carbocycles. The molecule has 3 aromatic rings. The lowest BCUT2D eigenvalue weighted by molar-refractivity contribution is -0.125. The number of aromatic nitrogens is 4. The number of hydrogen-bond acceptors (Lipinski definition) is 6. The normalized spacial score (nSPS) is 16.9. The molecule has 1 saturated heterocycles. The van der Waals surface area contributed by atoms with Gasteiger partial charge in [-0.05, 0) is 44.2 Å². The number of aryl methyl sites for hydroxylation is 2. The molecule has 8 heteroatoms. The molecule has 7 nitrogen and oxygen atoms in total. The zero-order chi connectivity index (χ0) is 19.5. The lowest BCUT2D eigenvalue weighted by atomic mass is 9.97. The molecule has 1 atom stereocenters. The van der Waals surface area contributed by atoms with E-state index >= 15 is 0 Å². The highest BCUT2D eigenvalue weighted by atomic mass is 32.1. The Hall–Kier alpha value is -2.74. The maximum atomic E-state index is 12.6. The number of nitrogens with one attached hydrogen (secondary N) is 1. The van der Waals surface area contributed by atoms with E-state index in [4.69, 9.17) is 0 Å². The summed E-state index contributed by atoms with van der Waals surface area (Å²) >= 11 is 1.66. The third-order valence-corrected chi connectivity index (χ3v) is 5.87. The van der Waals surface area contributed by atoms with Crippen LogP contribution < -0.4 is 10.2 Å². The largest absolute Gasteiger partial charge is 0.356 e. The van der Waals surface area contributed by atoms with Gasteiger partial charge in [0.1, 0.15) is 12.1 Å². The quantitative estimate of drug-likeness (QED) is 0.718. The first kappa shape index (κ1) is 18.6. The second-order valence-corrected chi connectivity index (χ2v) is 8.19. The number of piperidine rings is 1. The molecular formula is C20H24N6OS. The summed E-state index contributed by atoms with van der Waals surface area (Å²) in [4.78, 5) is 24.8. The minimum Gasteiger partial charge on any atom is -0.356 e. The van der Waals surface area contributed by atoms with Crippen LogP contribution in [0.2, 0.25) is 0 Å². The van der Waals surface area contributed by atoms with Gasteiger partial charge < -0.3 is 10.2 Å². The van der Waals surface area contributed by atoms with Gasteiger partial charge in [0.25, 0.3) is 0 Å². The smallest absolute Gasteiger partial charge is 0.225 e. The van der Waals surface area contributed by atoms with Crippen LogP contribution in [-0.4, -0.2) is 38.7 Å². The van der Waals surface area contributed by atoms with Crippen molar-refractivity contribution in [3.05, 3.63) is 52.2 Å². The highest BCUT2D eigenvalue weighted by Crippen LogP contribution is 2.23. The fraction of sp³-hybridized carbons (Fsp3) is 0.400. The van der Waals surface area contributed by atoms with Gasteiger partial charge in [0.2, 0.25) is 5.91 Å². The predicted molar refractivity (Wildman–Crippen MR) is 110 cm³/mol. The molecule has 3 aromatic heterocycles. The molecule has 146 valence electrons. The maximum Gasteiger partial charge on any atom is 0.225 e. The van der Waals surface area contributed by atoms with Gasteiger partial charge in [-0.3, -0.25) is 4.79 Å². The summed E-state index contributed by atoms with van der Waals surface area (Å²) < 4.78 is 1.83. The van der Waals surface area contributed by atoms with Gasteiger partial charge in [0, 0.05) is 29.7 Å². The van der Waals surface area contributed by atoms with Gasteiger partial charge >= 0.3 is 0 Å². The van der Waals surface area contributed by atoms with Gasteiger partial charge in [-0.2, -0.15) is 5.10 Å². The Balaban J connectivity index is 1.45. The molecule has 4 heterocycles. The van der Waals surface area contributed by atoms with E-state index in [1.807, 2.05) is 48.2 Å². The van der Waals surface area contributed by atoms with E-state index in [1.54, 1.807) is 17.7 Å². The van der Waals surface area contributed by atoms with Crippen LogP contribution in [0, 0.1) is 19.8 Å². The van der Waals surface area contributed by atoms with Crippen LogP contribution in [0.15, 0.2) is 36.0 Å². The third kappa shape index (κ3) is 4.06. The average Bonchev–Trinajstić information content (AvgIpc) is 3.35. The van der Waals surface area contributed by atoms with Crippen LogP contribution in [0.1, 0.15) is 29.1 Å². The second kappa shape index (κ2) is 8.10. The molecule has 0 spiro atoms. The minimum absolute atomic E-state index is 0.0270. The summed E-state index contributed by atoms with van der Waals surface area (Å²) in [7, 11) is 0. The van der Waals surface area contributed by atoms with Crippen molar-refractivity contribution in [3.63, 3.8) is 0 Å². The molecule has 4 rings (SSSR count). The first-order chi connectivity index (χ1) is 13.6. The number of hydrogen-bond donors (Lipinski definition) is 1. The summed E-state index contributed by atoms with van der Waals surface area (Å²) in [5.41, 5.74) is 1.99. The summed E-state index contributed by atoms with van der Waals surface area (Å²) in [5.74, 6) is 1.68.